The van der Waals surface area contributed by atoms with Crippen LogP contribution in [0.5, 0.6) is 0 Å². The second-order valence-electron chi connectivity index (χ2n) is 4.05. The summed E-state index contributed by atoms with van der Waals surface area (Å²) in [6.45, 7) is 1.59. The van der Waals surface area contributed by atoms with Crippen molar-refractivity contribution in [3.8, 4) is 0 Å². The zero-order valence-corrected chi connectivity index (χ0v) is 9.02. The zero-order valence-electron chi connectivity index (χ0n) is 9.02. The maximum atomic E-state index is 11.8. The third-order valence-corrected chi connectivity index (χ3v) is 2.93. The molecule has 1 aromatic carbocycles. The van der Waals surface area contributed by atoms with Crippen molar-refractivity contribution in [2.75, 3.05) is 19.7 Å². The highest BCUT2D eigenvalue weighted by molar-refractivity contribution is 5.94. The van der Waals surface area contributed by atoms with Crippen molar-refractivity contribution in [1.82, 2.24) is 10.6 Å². The van der Waals surface area contributed by atoms with Crippen LogP contribution in [0.1, 0.15) is 10.4 Å². The minimum atomic E-state index is -0.0762. The molecule has 0 saturated carbocycles. The quantitative estimate of drug-likeness (QED) is 0.672. The first-order valence-corrected chi connectivity index (χ1v) is 5.48. The van der Waals surface area contributed by atoms with Gasteiger partial charge in [0.25, 0.3) is 5.91 Å². The van der Waals surface area contributed by atoms with Crippen LogP contribution in [0.4, 0.5) is 0 Å². The van der Waals surface area contributed by atoms with Gasteiger partial charge in [0.15, 0.2) is 0 Å². The summed E-state index contributed by atoms with van der Waals surface area (Å²) in [6, 6.07) is 9.15. The average molecular weight is 220 g/mol. The number of hydrogen-bond acceptors (Lipinski definition) is 3. The minimum Gasteiger partial charge on any atom is -0.396 e. The minimum absolute atomic E-state index is 0.0257. The van der Waals surface area contributed by atoms with E-state index in [1.54, 1.807) is 12.1 Å². The lowest BCUT2D eigenvalue weighted by atomic mass is 10.0. The van der Waals surface area contributed by atoms with Crippen molar-refractivity contribution >= 4 is 5.91 Å². The van der Waals surface area contributed by atoms with Gasteiger partial charge in [0.05, 0.1) is 0 Å². The molecule has 1 amide bonds. The molecule has 16 heavy (non-hydrogen) atoms. The Morgan fingerprint density at radius 2 is 2.12 bits per heavy atom. The first-order chi connectivity index (χ1) is 7.81. The summed E-state index contributed by atoms with van der Waals surface area (Å²) in [6.07, 6.45) is 0. The van der Waals surface area contributed by atoms with E-state index < -0.39 is 0 Å². The second kappa shape index (κ2) is 5.09. The Bertz CT molecular complexity index is 353. The third-order valence-electron chi connectivity index (χ3n) is 2.93. The van der Waals surface area contributed by atoms with Gasteiger partial charge < -0.3 is 15.7 Å². The van der Waals surface area contributed by atoms with E-state index in [0.29, 0.717) is 5.56 Å². The van der Waals surface area contributed by atoms with Gasteiger partial charge in [-0.25, -0.2) is 0 Å². The molecule has 1 aromatic rings. The van der Waals surface area contributed by atoms with E-state index in [9.17, 15) is 4.79 Å². The van der Waals surface area contributed by atoms with E-state index >= 15 is 0 Å². The number of nitrogens with one attached hydrogen (secondary N) is 2. The van der Waals surface area contributed by atoms with E-state index in [0.717, 1.165) is 13.1 Å². The number of hydrogen-bond donors (Lipinski definition) is 3. The van der Waals surface area contributed by atoms with E-state index in [1.807, 2.05) is 18.2 Å². The molecule has 1 saturated heterocycles. The number of aliphatic hydroxyl groups is 1. The summed E-state index contributed by atoms with van der Waals surface area (Å²) in [5.41, 5.74) is 0.658. The fourth-order valence-corrected chi connectivity index (χ4v) is 1.94. The van der Waals surface area contributed by atoms with Crippen molar-refractivity contribution < 1.29 is 9.90 Å². The fourth-order valence-electron chi connectivity index (χ4n) is 1.94. The molecular formula is C12H16N2O2. The van der Waals surface area contributed by atoms with Gasteiger partial charge in [0.1, 0.15) is 0 Å². The van der Waals surface area contributed by atoms with Crippen LogP contribution in [0.2, 0.25) is 0 Å². The molecule has 3 N–H and O–H groups in total. The molecule has 1 aliphatic heterocycles. The molecule has 0 radical (unpaired) electrons. The van der Waals surface area contributed by atoms with Crippen LogP contribution in [0, 0.1) is 5.92 Å². The van der Waals surface area contributed by atoms with Gasteiger partial charge >= 0.3 is 0 Å². The molecule has 2 unspecified atom stereocenters. The highest BCUT2D eigenvalue weighted by Gasteiger charge is 2.27. The van der Waals surface area contributed by atoms with Crippen LogP contribution in [-0.2, 0) is 0 Å². The van der Waals surface area contributed by atoms with E-state index in [-0.39, 0.29) is 24.5 Å². The summed E-state index contributed by atoms with van der Waals surface area (Å²) in [5, 5.41) is 15.2. The summed E-state index contributed by atoms with van der Waals surface area (Å²) in [5.74, 6) is 0.0420. The molecular weight excluding hydrogens is 204 g/mol. The van der Waals surface area contributed by atoms with Crippen LogP contribution in [0.15, 0.2) is 30.3 Å². The number of carbonyl (C=O) groups is 1. The van der Waals surface area contributed by atoms with Gasteiger partial charge in [-0.1, -0.05) is 18.2 Å². The molecule has 4 nitrogen and oxygen atoms in total. The summed E-state index contributed by atoms with van der Waals surface area (Å²) >= 11 is 0. The Kier molecular flexibility index (Phi) is 3.54. The highest BCUT2D eigenvalue weighted by Crippen LogP contribution is 2.09. The largest absolute Gasteiger partial charge is 0.396 e. The van der Waals surface area contributed by atoms with Crippen molar-refractivity contribution in [3.63, 3.8) is 0 Å². The van der Waals surface area contributed by atoms with Gasteiger partial charge in [-0.15, -0.1) is 0 Å². The molecule has 1 aliphatic rings. The van der Waals surface area contributed by atoms with Crippen LogP contribution >= 0.6 is 0 Å². The summed E-state index contributed by atoms with van der Waals surface area (Å²) < 4.78 is 0. The number of rotatable bonds is 3. The van der Waals surface area contributed by atoms with Gasteiger partial charge in [0.2, 0.25) is 0 Å². The third kappa shape index (κ3) is 2.40. The molecule has 2 rings (SSSR count). The predicted octanol–water partition coefficient (Wildman–Crippen LogP) is -0.00330. The number of amides is 1. The molecule has 0 spiro atoms. The predicted molar refractivity (Wildman–Crippen MR) is 61.1 cm³/mol. The Balaban J connectivity index is 1.97. The van der Waals surface area contributed by atoms with E-state index in [2.05, 4.69) is 10.6 Å². The van der Waals surface area contributed by atoms with Gasteiger partial charge in [0, 0.05) is 37.2 Å². The lowest BCUT2D eigenvalue weighted by Gasteiger charge is -2.17. The standard InChI is InChI=1S/C12H16N2O2/c15-8-10-6-13-7-11(10)14-12(16)9-4-2-1-3-5-9/h1-5,10-11,13,15H,6-8H2,(H,14,16). The average Bonchev–Trinajstić information content (AvgIpc) is 2.77. The van der Waals surface area contributed by atoms with Crippen LogP contribution in [0.25, 0.3) is 0 Å². The Morgan fingerprint density at radius 1 is 1.38 bits per heavy atom. The van der Waals surface area contributed by atoms with E-state index in [1.165, 1.54) is 0 Å². The van der Waals surface area contributed by atoms with Gasteiger partial charge in [-0.05, 0) is 12.1 Å². The SMILES string of the molecule is O=C(NC1CNCC1CO)c1ccccc1. The Labute approximate surface area is 94.7 Å². The van der Waals surface area contributed by atoms with Crippen molar-refractivity contribution in [2.24, 2.45) is 5.92 Å². The molecule has 0 bridgehead atoms. The van der Waals surface area contributed by atoms with Crippen molar-refractivity contribution in [2.45, 2.75) is 6.04 Å². The Morgan fingerprint density at radius 3 is 2.81 bits per heavy atom. The van der Waals surface area contributed by atoms with Crippen LogP contribution < -0.4 is 10.6 Å². The maximum absolute atomic E-state index is 11.8. The normalized spacial score (nSPS) is 24.3. The summed E-state index contributed by atoms with van der Waals surface area (Å²) in [4.78, 5) is 11.8. The molecule has 0 aromatic heterocycles. The molecule has 4 heteroatoms. The monoisotopic (exact) mass is 220 g/mol. The van der Waals surface area contributed by atoms with Crippen LogP contribution in [-0.4, -0.2) is 36.8 Å². The molecule has 2 atom stereocenters. The van der Waals surface area contributed by atoms with Crippen molar-refractivity contribution in [1.29, 1.82) is 0 Å². The molecule has 86 valence electrons. The number of carbonyl (C=O) groups excluding carboxylic acids is 1. The topological polar surface area (TPSA) is 61.4 Å². The lowest BCUT2D eigenvalue weighted by Crippen LogP contribution is -2.41. The van der Waals surface area contributed by atoms with Gasteiger partial charge in [-0.2, -0.15) is 0 Å². The first-order valence-electron chi connectivity index (χ1n) is 5.48. The molecule has 0 aliphatic carbocycles. The second-order valence-corrected chi connectivity index (χ2v) is 4.05. The Hall–Kier alpha value is -1.39. The highest BCUT2D eigenvalue weighted by atomic mass is 16.3. The number of aliphatic hydroxyl groups excluding tert-OH is 1. The number of benzene rings is 1. The summed E-state index contributed by atoms with van der Waals surface area (Å²) in [7, 11) is 0. The lowest BCUT2D eigenvalue weighted by molar-refractivity contribution is 0.0921. The van der Waals surface area contributed by atoms with Gasteiger partial charge in [-0.3, -0.25) is 4.79 Å². The fraction of sp³-hybridized carbons (Fsp3) is 0.417. The smallest absolute Gasteiger partial charge is 0.251 e. The first kappa shape index (κ1) is 11.1. The zero-order chi connectivity index (χ0) is 11.4. The van der Waals surface area contributed by atoms with Crippen LogP contribution in [0.3, 0.4) is 0 Å². The molecule has 1 fully saturated rings. The van der Waals surface area contributed by atoms with Crippen molar-refractivity contribution in [3.05, 3.63) is 35.9 Å². The maximum Gasteiger partial charge on any atom is 0.251 e. The van der Waals surface area contributed by atoms with E-state index in [4.69, 9.17) is 5.11 Å². The molecule has 1 heterocycles.